The van der Waals surface area contributed by atoms with Crippen LogP contribution < -0.4 is 0 Å². The van der Waals surface area contributed by atoms with Crippen molar-refractivity contribution in [3.63, 3.8) is 0 Å². The fourth-order valence-electron chi connectivity index (χ4n) is 2.38. The van der Waals surface area contributed by atoms with Gasteiger partial charge in [-0.1, -0.05) is 0 Å². The van der Waals surface area contributed by atoms with Crippen LogP contribution in [0, 0.1) is 18.3 Å². The largest absolute Gasteiger partial charge is 0.416 e. The minimum atomic E-state index is -4.45. The lowest BCUT2D eigenvalue weighted by Crippen LogP contribution is -2.05. The van der Waals surface area contributed by atoms with Crippen molar-refractivity contribution in [3.8, 4) is 17.5 Å². The molecule has 3 rings (SSSR count). The van der Waals surface area contributed by atoms with Gasteiger partial charge in [0.25, 0.3) is 0 Å². The van der Waals surface area contributed by atoms with Gasteiger partial charge in [-0.15, -0.1) is 5.10 Å². The summed E-state index contributed by atoms with van der Waals surface area (Å²) >= 11 is 0. The van der Waals surface area contributed by atoms with Gasteiger partial charge in [-0.3, -0.25) is 4.98 Å². The second-order valence-electron chi connectivity index (χ2n) is 5.52. The molecule has 0 saturated heterocycles. The third-order valence-electron chi connectivity index (χ3n) is 3.54. The quantitative estimate of drug-likeness (QED) is 0.661. The molecule has 0 saturated carbocycles. The van der Waals surface area contributed by atoms with Gasteiger partial charge in [-0.25, -0.2) is 9.67 Å². The Balaban J connectivity index is 1.97. The fraction of sp³-hybridized carbons (Fsp3) is 0.111. The average Bonchev–Trinajstić information content (AvgIpc) is 3.08. The molecule has 3 aromatic rings. The van der Waals surface area contributed by atoms with Crippen molar-refractivity contribution in [1.29, 1.82) is 5.26 Å². The number of aryl methyl sites for hydroxylation is 1. The summed E-state index contributed by atoms with van der Waals surface area (Å²) in [6.07, 6.45) is 1.45. The number of benzene rings is 1. The van der Waals surface area contributed by atoms with Crippen molar-refractivity contribution < 1.29 is 13.2 Å². The Kier molecular flexibility index (Phi) is 4.54. The third kappa shape index (κ3) is 3.78. The van der Waals surface area contributed by atoms with Gasteiger partial charge in [0.2, 0.25) is 0 Å². The highest BCUT2D eigenvalue weighted by atomic mass is 19.4. The standard InChI is InChI=1S/C18H12F3N5/c1-12-6-14(8-16(7-12)18(19,20)21)17-24-11-26(25-17)10-15(9-22)13-2-4-23-5-3-13/h2-8,10-11H,1H3/b15-10+. The lowest BCUT2D eigenvalue weighted by atomic mass is 10.1. The molecule has 0 radical (unpaired) electrons. The van der Waals surface area contributed by atoms with E-state index in [9.17, 15) is 18.4 Å². The van der Waals surface area contributed by atoms with Crippen LogP contribution in [0.25, 0.3) is 23.2 Å². The van der Waals surface area contributed by atoms with Crippen LogP contribution in [0.15, 0.2) is 49.1 Å². The fourth-order valence-corrected chi connectivity index (χ4v) is 2.38. The van der Waals surface area contributed by atoms with Crippen LogP contribution in [0.3, 0.4) is 0 Å². The normalized spacial score (nSPS) is 12.0. The lowest BCUT2D eigenvalue weighted by molar-refractivity contribution is -0.137. The summed E-state index contributed by atoms with van der Waals surface area (Å²) in [5, 5.41) is 13.5. The summed E-state index contributed by atoms with van der Waals surface area (Å²) in [6, 6.07) is 9.04. The average molecular weight is 355 g/mol. The molecule has 0 aliphatic heterocycles. The number of nitriles is 1. The first-order valence-electron chi connectivity index (χ1n) is 7.49. The molecule has 2 heterocycles. The van der Waals surface area contributed by atoms with E-state index in [1.807, 2.05) is 6.07 Å². The molecule has 0 aliphatic carbocycles. The Morgan fingerprint density at radius 3 is 2.58 bits per heavy atom. The number of aromatic nitrogens is 4. The Morgan fingerprint density at radius 2 is 1.92 bits per heavy atom. The van der Waals surface area contributed by atoms with Gasteiger partial charge >= 0.3 is 6.18 Å². The topological polar surface area (TPSA) is 67.4 Å². The second kappa shape index (κ2) is 6.80. The van der Waals surface area contributed by atoms with E-state index >= 15 is 0 Å². The molecule has 2 aromatic heterocycles. The molecule has 0 N–H and O–H groups in total. The van der Waals surface area contributed by atoms with Gasteiger partial charge in [0.05, 0.1) is 11.1 Å². The van der Waals surface area contributed by atoms with Gasteiger partial charge in [0, 0.05) is 24.2 Å². The first-order chi connectivity index (χ1) is 12.4. The van der Waals surface area contributed by atoms with Crippen LogP contribution in [0.1, 0.15) is 16.7 Å². The molecule has 0 amide bonds. The van der Waals surface area contributed by atoms with Crippen molar-refractivity contribution in [2.75, 3.05) is 0 Å². The van der Waals surface area contributed by atoms with E-state index in [-0.39, 0.29) is 11.4 Å². The lowest BCUT2D eigenvalue weighted by Gasteiger charge is -2.09. The predicted octanol–water partition coefficient (Wildman–Crippen LogP) is 4.19. The van der Waals surface area contributed by atoms with Gasteiger partial charge in [-0.05, 0) is 48.4 Å². The van der Waals surface area contributed by atoms with Crippen LogP contribution in [0.4, 0.5) is 13.2 Å². The molecule has 1 aromatic carbocycles. The van der Waals surface area contributed by atoms with Crippen molar-refractivity contribution in [2.45, 2.75) is 13.1 Å². The molecule has 0 spiro atoms. The van der Waals surface area contributed by atoms with E-state index < -0.39 is 11.7 Å². The maximum Gasteiger partial charge on any atom is 0.416 e. The van der Waals surface area contributed by atoms with Crippen LogP contribution in [-0.2, 0) is 6.18 Å². The van der Waals surface area contributed by atoms with E-state index in [2.05, 4.69) is 15.1 Å². The van der Waals surface area contributed by atoms with Crippen molar-refractivity contribution in [3.05, 3.63) is 65.7 Å². The van der Waals surface area contributed by atoms with E-state index in [1.54, 1.807) is 37.5 Å². The van der Waals surface area contributed by atoms with E-state index in [1.165, 1.54) is 17.2 Å². The molecule has 0 atom stereocenters. The monoisotopic (exact) mass is 355 g/mol. The van der Waals surface area contributed by atoms with Crippen LogP contribution in [0.2, 0.25) is 0 Å². The zero-order chi connectivity index (χ0) is 18.7. The summed E-state index contributed by atoms with van der Waals surface area (Å²) in [6.45, 7) is 1.58. The number of nitrogens with zero attached hydrogens (tertiary/aromatic N) is 5. The highest BCUT2D eigenvalue weighted by Crippen LogP contribution is 2.32. The van der Waals surface area contributed by atoms with E-state index in [4.69, 9.17) is 0 Å². The first kappa shape index (κ1) is 17.4. The molecule has 0 fully saturated rings. The maximum atomic E-state index is 13.0. The number of alkyl halides is 3. The minimum absolute atomic E-state index is 0.141. The zero-order valence-electron chi connectivity index (χ0n) is 13.6. The Bertz CT molecular complexity index is 998. The molecule has 0 aliphatic rings. The van der Waals surface area contributed by atoms with Crippen LogP contribution in [-0.4, -0.2) is 19.7 Å². The third-order valence-corrected chi connectivity index (χ3v) is 3.54. The number of hydrogen-bond donors (Lipinski definition) is 0. The molecule has 0 bridgehead atoms. The van der Waals surface area contributed by atoms with Crippen LogP contribution >= 0.6 is 0 Å². The predicted molar refractivity (Wildman–Crippen MR) is 89.2 cm³/mol. The summed E-state index contributed by atoms with van der Waals surface area (Å²) < 4.78 is 40.2. The van der Waals surface area contributed by atoms with Crippen LogP contribution in [0.5, 0.6) is 0 Å². The summed E-state index contributed by atoms with van der Waals surface area (Å²) in [5.41, 5.74) is 0.926. The molecule has 26 heavy (non-hydrogen) atoms. The van der Waals surface area contributed by atoms with Crippen molar-refractivity contribution in [2.24, 2.45) is 0 Å². The first-order valence-corrected chi connectivity index (χ1v) is 7.49. The molecular formula is C18H12F3N5. The van der Waals surface area contributed by atoms with E-state index in [0.29, 0.717) is 16.7 Å². The Labute approximate surface area is 147 Å². The van der Waals surface area contributed by atoms with Gasteiger partial charge < -0.3 is 0 Å². The summed E-state index contributed by atoms with van der Waals surface area (Å²) in [5.74, 6) is 0.141. The van der Waals surface area contributed by atoms with Crippen molar-refractivity contribution in [1.82, 2.24) is 19.7 Å². The maximum absolute atomic E-state index is 13.0. The number of rotatable bonds is 3. The van der Waals surface area contributed by atoms with Gasteiger partial charge in [0.15, 0.2) is 5.82 Å². The number of halogens is 3. The zero-order valence-corrected chi connectivity index (χ0v) is 13.6. The smallest absolute Gasteiger partial charge is 0.265 e. The highest BCUT2D eigenvalue weighted by molar-refractivity contribution is 5.84. The minimum Gasteiger partial charge on any atom is -0.265 e. The van der Waals surface area contributed by atoms with Gasteiger partial charge in [-0.2, -0.15) is 18.4 Å². The Morgan fingerprint density at radius 1 is 1.19 bits per heavy atom. The van der Waals surface area contributed by atoms with Crippen molar-refractivity contribution >= 4 is 11.8 Å². The summed E-state index contributed by atoms with van der Waals surface area (Å²) in [7, 11) is 0. The number of allylic oxidation sites excluding steroid dienone is 1. The highest BCUT2D eigenvalue weighted by Gasteiger charge is 2.31. The number of hydrogen-bond acceptors (Lipinski definition) is 4. The molecule has 0 unspecified atom stereocenters. The number of pyridine rings is 1. The SMILES string of the molecule is Cc1cc(-c2ncn(/C=C(\C#N)c3ccncc3)n2)cc(C(F)(F)F)c1. The molecule has 130 valence electrons. The van der Waals surface area contributed by atoms with Gasteiger partial charge in [0.1, 0.15) is 12.4 Å². The second-order valence-corrected chi connectivity index (χ2v) is 5.52. The molecule has 8 heteroatoms. The summed E-state index contributed by atoms with van der Waals surface area (Å²) in [4.78, 5) is 7.94. The molecule has 5 nitrogen and oxygen atoms in total. The molecular weight excluding hydrogens is 343 g/mol. The Hall–Kier alpha value is -3.47. The van der Waals surface area contributed by atoms with E-state index in [0.717, 1.165) is 12.1 Å².